The number of rotatable bonds is 4. The Morgan fingerprint density at radius 2 is 2.13 bits per heavy atom. The molecule has 0 aliphatic rings. The van der Waals surface area contributed by atoms with E-state index in [-0.39, 0.29) is 5.56 Å². The number of aryl methyl sites for hydroxylation is 1. The van der Waals surface area contributed by atoms with Crippen molar-refractivity contribution in [2.75, 3.05) is 0 Å². The second kappa shape index (κ2) is 6.67. The Hall–Kier alpha value is -2.59. The molecule has 0 saturated carbocycles. The zero-order valence-electron chi connectivity index (χ0n) is 12.4. The van der Waals surface area contributed by atoms with Crippen molar-refractivity contribution in [1.29, 1.82) is 5.26 Å². The Morgan fingerprint density at radius 1 is 1.43 bits per heavy atom. The van der Waals surface area contributed by atoms with Gasteiger partial charge in [0, 0.05) is 11.3 Å². The number of carbonyl (C=O) groups is 1. The minimum absolute atomic E-state index is 0.0232. The molecule has 0 radical (unpaired) electrons. The quantitative estimate of drug-likeness (QED) is 0.853. The number of halogens is 1. The van der Waals surface area contributed by atoms with E-state index < -0.39 is 17.6 Å². The highest BCUT2D eigenvalue weighted by molar-refractivity contribution is 9.10. The molecule has 1 atom stereocenters. The molecule has 1 unspecified atom stereocenters. The SMILES string of the molecule is Cc1cc(-c2ccc(OC(C)C(=O)O)c(Br)c2)c(C#N)c(=O)[nH]1. The first-order chi connectivity index (χ1) is 10.8. The fourth-order valence-electron chi connectivity index (χ4n) is 2.03. The van der Waals surface area contributed by atoms with Gasteiger partial charge in [-0.15, -0.1) is 0 Å². The number of H-pyrrole nitrogens is 1. The van der Waals surface area contributed by atoms with Crippen molar-refractivity contribution in [3.05, 3.63) is 50.3 Å². The normalized spacial score (nSPS) is 11.6. The predicted molar refractivity (Wildman–Crippen MR) is 87.4 cm³/mol. The van der Waals surface area contributed by atoms with Gasteiger partial charge < -0.3 is 14.8 Å². The van der Waals surface area contributed by atoms with Gasteiger partial charge in [-0.05, 0) is 53.5 Å². The number of carboxylic acids is 1. The summed E-state index contributed by atoms with van der Waals surface area (Å²) < 4.78 is 5.85. The van der Waals surface area contributed by atoms with Gasteiger partial charge in [-0.2, -0.15) is 5.26 Å². The summed E-state index contributed by atoms with van der Waals surface area (Å²) in [5.74, 6) is -0.707. The third-order valence-corrected chi connectivity index (χ3v) is 3.79. The van der Waals surface area contributed by atoms with Crippen LogP contribution >= 0.6 is 15.9 Å². The van der Waals surface area contributed by atoms with E-state index in [1.165, 1.54) is 6.92 Å². The maximum Gasteiger partial charge on any atom is 0.344 e. The summed E-state index contributed by atoms with van der Waals surface area (Å²) in [6.45, 7) is 3.16. The number of hydrogen-bond donors (Lipinski definition) is 2. The Bertz CT molecular complexity index is 867. The number of carboxylic acid groups (broad SMARTS) is 1. The number of aliphatic carboxylic acids is 1. The van der Waals surface area contributed by atoms with E-state index in [2.05, 4.69) is 20.9 Å². The summed E-state index contributed by atoms with van der Waals surface area (Å²) >= 11 is 3.32. The van der Waals surface area contributed by atoms with Gasteiger partial charge in [0.15, 0.2) is 6.10 Å². The zero-order chi connectivity index (χ0) is 17.1. The van der Waals surface area contributed by atoms with Crippen LogP contribution in [0.3, 0.4) is 0 Å². The second-order valence-corrected chi connectivity index (χ2v) is 5.78. The number of nitrogens with one attached hydrogen (secondary N) is 1. The Balaban J connectivity index is 2.48. The molecule has 0 fully saturated rings. The molecule has 0 aliphatic carbocycles. The van der Waals surface area contributed by atoms with Crippen molar-refractivity contribution in [2.24, 2.45) is 0 Å². The van der Waals surface area contributed by atoms with E-state index in [0.717, 1.165) is 0 Å². The topological polar surface area (TPSA) is 103 Å². The van der Waals surface area contributed by atoms with Crippen LogP contribution in [0.2, 0.25) is 0 Å². The Morgan fingerprint density at radius 3 is 2.70 bits per heavy atom. The Kier molecular flexibility index (Phi) is 4.86. The van der Waals surface area contributed by atoms with Crippen LogP contribution < -0.4 is 10.3 Å². The van der Waals surface area contributed by atoms with Crippen molar-refractivity contribution < 1.29 is 14.6 Å². The van der Waals surface area contributed by atoms with Crippen LogP contribution in [0.25, 0.3) is 11.1 Å². The van der Waals surface area contributed by atoms with Crippen LogP contribution in [0.1, 0.15) is 18.2 Å². The molecule has 2 aromatic rings. The molecule has 0 spiro atoms. The molecule has 1 aromatic heterocycles. The number of ether oxygens (including phenoxy) is 1. The summed E-state index contributed by atoms with van der Waals surface area (Å²) in [5.41, 5.74) is 1.37. The van der Waals surface area contributed by atoms with E-state index in [4.69, 9.17) is 9.84 Å². The molecule has 0 amide bonds. The summed E-state index contributed by atoms with van der Waals surface area (Å²) in [6, 6.07) is 8.56. The van der Waals surface area contributed by atoms with Gasteiger partial charge in [0.2, 0.25) is 0 Å². The molecule has 1 heterocycles. The van der Waals surface area contributed by atoms with Gasteiger partial charge in [0.1, 0.15) is 17.4 Å². The van der Waals surface area contributed by atoms with Gasteiger partial charge >= 0.3 is 5.97 Å². The van der Waals surface area contributed by atoms with Crippen LogP contribution in [0.5, 0.6) is 5.75 Å². The van der Waals surface area contributed by atoms with Gasteiger partial charge in [-0.25, -0.2) is 4.79 Å². The average molecular weight is 377 g/mol. The molecule has 7 heteroatoms. The molecular formula is C16H13BrN2O4. The molecule has 0 bridgehead atoms. The van der Waals surface area contributed by atoms with Crippen molar-refractivity contribution >= 4 is 21.9 Å². The predicted octanol–water partition coefficient (Wildman–Crippen LogP) is 2.84. The van der Waals surface area contributed by atoms with Gasteiger partial charge in [0.05, 0.1) is 4.47 Å². The summed E-state index contributed by atoms with van der Waals surface area (Å²) in [6.07, 6.45) is -0.992. The maximum atomic E-state index is 11.9. The highest BCUT2D eigenvalue weighted by atomic mass is 79.9. The number of aromatic nitrogens is 1. The molecule has 2 N–H and O–H groups in total. The maximum absolute atomic E-state index is 11.9. The monoisotopic (exact) mass is 376 g/mol. The van der Waals surface area contributed by atoms with Crippen LogP contribution in [0.4, 0.5) is 0 Å². The smallest absolute Gasteiger partial charge is 0.344 e. The van der Waals surface area contributed by atoms with Crippen LogP contribution in [-0.2, 0) is 4.79 Å². The van der Waals surface area contributed by atoms with E-state index in [1.54, 1.807) is 31.2 Å². The van der Waals surface area contributed by atoms with Crippen molar-refractivity contribution in [1.82, 2.24) is 4.98 Å². The summed E-state index contributed by atoms with van der Waals surface area (Å²) in [5, 5.41) is 18.1. The molecular weight excluding hydrogens is 364 g/mol. The third kappa shape index (κ3) is 3.60. The average Bonchev–Trinajstić information content (AvgIpc) is 2.48. The lowest BCUT2D eigenvalue weighted by Crippen LogP contribution is -2.23. The number of nitrogens with zero attached hydrogens (tertiary/aromatic N) is 1. The number of benzene rings is 1. The van der Waals surface area contributed by atoms with Gasteiger partial charge in [-0.1, -0.05) is 6.07 Å². The Labute approximate surface area is 140 Å². The molecule has 1 aromatic carbocycles. The molecule has 23 heavy (non-hydrogen) atoms. The van der Waals surface area contributed by atoms with E-state index in [0.29, 0.717) is 27.0 Å². The first kappa shape index (κ1) is 16.8. The second-order valence-electron chi connectivity index (χ2n) is 4.93. The van der Waals surface area contributed by atoms with Gasteiger partial charge in [-0.3, -0.25) is 4.79 Å². The van der Waals surface area contributed by atoms with Crippen molar-refractivity contribution in [3.8, 4) is 22.9 Å². The van der Waals surface area contributed by atoms with Crippen molar-refractivity contribution in [2.45, 2.75) is 20.0 Å². The summed E-state index contributed by atoms with van der Waals surface area (Å²) in [7, 11) is 0. The zero-order valence-corrected chi connectivity index (χ0v) is 14.0. The molecule has 0 saturated heterocycles. The number of pyridine rings is 1. The van der Waals surface area contributed by atoms with E-state index in [1.807, 2.05) is 6.07 Å². The first-order valence-electron chi connectivity index (χ1n) is 6.67. The van der Waals surface area contributed by atoms with Crippen molar-refractivity contribution in [3.63, 3.8) is 0 Å². The number of nitriles is 1. The van der Waals surface area contributed by atoms with Gasteiger partial charge in [0.25, 0.3) is 5.56 Å². The fourth-order valence-corrected chi connectivity index (χ4v) is 2.50. The molecule has 2 rings (SSSR count). The molecule has 118 valence electrons. The number of hydrogen-bond acceptors (Lipinski definition) is 4. The molecule has 0 aliphatic heterocycles. The lowest BCUT2D eigenvalue weighted by molar-refractivity contribution is -0.144. The highest BCUT2D eigenvalue weighted by Gasteiger charge is 2.16. The third-order valence-electron chi connectivity index (χ3n) is 3.17. The molecule has 6 nitrogen and oxygen atoms in total. The van der Waals surface area contributed by atoms with Crippen LogP contribution in [-0.4, -0.2) is 22.2 Å². The minimum Gasteiger partial charge on any atom is -0.479 e. The highest BCUT2D eigenvalue weighted by Crippen LogP contribution is 2.32. The van der Waals surface area contributed by atoms with Crippen LogP contribution in [0.15, 0.2) is 33.5 Å². The van der Waals surface area contributed by atoms with E-state index in [9.17, 15) is 14.9 Å². The minimum atomic E-state index is -1.07. The van der Waals surface area contributed by atoms with Crippen LogP contribution in [0, 0.1) is 18.3 Å². The lowest BCUT2D eigenvalue weighted by atomic mass is 10.0. The first-order valence-corrected chi connectivity index (χ1v) is 7.46. The lowest BCUT2D eigenvalue weighted by Gasteiger charge is -2.13. The van der Waals surface area contributed by atoms with E-state index >= 15 is 0 Å². The number of aromatic amines is 1. The largest absolute Gasteiger partial charge is 0.479 e. The standard InChI is InChI=1S/C16H13BrN2O4/c1-8-5-11(12(7-18)15(20)19-8)10-3-4-14(13(17)6-10)23-9(2)16(21)22/h3-6,9H,1-2H3,(H,19,20)(H,21,22). The summed E-state index contributed by atoms with van der Waals surface area (Å²) in [4.78, 5) is 25.3. The fraction of sp³-hybridized carbons (Fsp3) is 0.188.